The third-order valence-electron chi connectivity index (χ3n) is 17.1. The Balaban J connectivity index is 1.00. The summed E-state index contributed by atoms with van der Waals surface area (Å²) in [6.45, 7) is 9.65. The third kappa shape index (κ3) is 6.38. The van der Waals surface area contributed by atoms with Crippen molar-refractivity contribution in [3.05, 3.63) is 297 Å². The SMILES string of the molecule is CC1(C)C2=CC(c3c4ccccc4c(-c4ccc5c(c4)C(C)(C)C4=C5C=CCC=C4)c4ccc(C5=C6C=CC=CC6C(c6ccc(-c7ccccc7)cc6)c6ccccc65)cc34)=CCC=C2c2ccccc21. The Morgan fingerprint density at radius 2 is 1.17 bits per heavy atom. The Bertz CT molecular complexity index is 3930. The fraction of sp³-hybridized carbons (Fsp3) is 0.139. The van der Waals surface area contributed by atoms with Crippen molar-refractivity contribution in [2.75, 3.05) is 0 Å². The normalized spacial score (nSPS) is 19.7. The molecule has 2 atom stereocenters. The molecule has 0 spiro atoms. The Labute approximate surface area is 424 Å². The van der Waals surface area contributed by atoms with Gasteiger partial charge in [0.15, 0.2) is 0 Å². The average molecular weight is 921 g/mol. The molecule has 0 fully saturated rings. The lowest BCUT2D eigenvalue weighted by Gasteiger charge is -2.37. The molecule has 0 aromatic heterocycles. The Morgan fingerprint density at radius 3 is 2.01 bits per heavy atom. The van der Waals surface area contributed by atoms with Crippen LogP contribution in [0.1, 0.15) is 96.5 Å². The maximum Gasteiger partial charge on any atom is 0.0199 e. The van der Waals surface area contributed by atoms with Gasteiger partial charge in [-0.3, -0.25) is 0 Å². The molecule has 14 rings (SSSR count). The molecule has 0 aliphatic heterocycles. The van der Waals surface area contributed by atoms with E-state index in [-0.39, 0.29) is 22.7 Å². The highest BCUT2D eigenvalue weighted by Gasteiger charge is 2.40. The average Bonchev–Trinajstić information content (AvgIpc) is 3.61. The maximum atomic E-state index is 2.57. The number of hydrogen-bond donors (Lipinski definition) is 0. The zero-order chi connectivity index (χ0) is 48.3. The predicted octanol–water partition coefficient (Wildman–Crippen LogP) is 18.7. The lowest BCUT2D eigenvalue weighted by Crippen LogP contribution is -2.22. The van der Waals surface area contributed by atoms with Gasteiger partial charge in [-0.05, 0) is 164 Å². The van der Waals surface area contributed by atoms with Gasteiger partial charge in [-0.15, -0.1) is 0 Å². The summed E-state index contributed by atoms with van der Waals surface area (Å²) in [4.78, 5) is 0. The minimum absolute atomic E-state index is 0.124. The van der Waals surface area contributed by atoms with E-state index in [2.05, 4.69) is 258 Å². The summed E-state index contributed by atoms with van der Waals surface area (Å²) in [5, 5.41) is 5.15. The van der Waals surface area contributed by atoms with E-state index in [9.17, 15) is 0 Å². The molecule has 8 aromatic rings. The maximum absolute atomic E-state index is 2.57. The van der Waals surface area contributed by atoms with Crippen molar-refractivity contribution in [3.8, 4) is 22.3 Å². The van der Waals surface area contributed by atoms with Gasteiger partial charge in [0, 0.05) is 22.7 Å². The Morgan fingerprint density at radius 1 is 0.472 bits per heavy atom. The smallest absolute Gasteiger partial charge is 0.0199 e. The van der Waals surface area contributed by atoms with Crippen molar-refractivity contribution in [3.63, 3.8) is 0 Å². The predicted molar refractivity (Wildman–Crippen MR) is 306 cm³/mol. The standard InChI is InChI=1S/C72H56/c1-71(2)64-33-18-17-24-51(64)53-31-19-22-48(43-65(53)71)70-60-30-16-15-29-59(60)69(50-38-40-54-52-23-9-6-10-32-63(52)72(3,4)66(54)44-50)61-41-39-49(42-62(61)70)68-57-27-13-11-25-55(57)67(56-26-12-14-28-58(56)68)47-36-34-46(35-37-47)45-20-7-5-8-21-45/h5,7-18,20-44,55,67H,6,19H2,1-4H3. The number of allylic oxidation sites excluding steroid dienone is 17. The van der Waals surface area contributed by atoms with E-state index in [1.54, 1.807) is 0 Å². The summed E-state index contributed by atoms with van der Waals surface area (Å²) >= 11 is 0. The molecule has 8 aromatic carbocycles. The quantitative estimate of drug-likeness (QED) is 0.151. The van der Waals surface area contributed by atoms with Crippen LogP contribution < -0.4 is 0 Å². The van der Waals surface area contributed by atoms with Gasteiger partial charge in [-0.2, -0.15) is 0 Å². The van der Waals surface area contributed by atoms with Gasteiger partial charge >= 0.3 is 0 Å². The van der Waals surface area contributed by atoms with E-state index in [1.165, 1.54) is 133 Å². The van der Waals surface area contributed by atoms with Gasteiger partial charge < -0.3 is 0 Å². The molecule has 0 radical (unpaired) electrons. The zero-order valence-electron chi connectivity index (χ0n) is 41.5. The molecule has 0 heterocycles. The molecular formula is C72H56. The lowest BCUT2D eigenvalue weighted by atomic mass is 9.66. The summed E-state index contributed by atoms with van der Waals surface area (Å²) in [6, 6.07) is 62.5. The van der Waals surface area contributed by atoms with E-state index in [0.29, 0.717) is 0 Å². The van der Waals surface area contributed by atoms with Crippen LogP contribution in [-0.4, -0.2) is 0 Å². The largest absolute Gasteiger partial charge is 0.0804 e. The van der Waals surface area contributed by atoms with Gasteiger partial charge in [-0.1, -0.05) is 240 Å². The van der Waals surface area contributed by atoms with Crippen molar-refractivity contribution >= 4 is 43.8 Å². The topological polar surface area (TPSA) is 0 Å². The first kappa shape index (κ1) is 42.8. The first-order valence-electron chi connectivity index (χ1n) is 26.0. The highest BCUT2D eigenvalue weighted by Crippen LogP contribution is 2.55. The summed E-state index contributed by atoms with van der Waals surface area (Å²) in [5.74, 6) is 0.360. The van der Waals surface area contributed by atoms with Crippen LogP contribution in [0.3, 0.4) is 0 Å². The van der Waals surface area contributed by atoms with E-state index in [4.69, 9.17) is 0 Å². The van der Waals surface area contributed by atoms with E-state index in [1.807, 2.05) is 0 Å². The molecule has 0 bridgehead atoms. The van der Waals surface area contributed by atoms with Crippen LogP contribution in [0.5, 0.6) is 0 Å². The summed E-state index contributed by atoms with van der Waals surface area (Å²) in [7, 11) is 0. The van der Waals surface area contributed by atoms with Crippen molar-refractivity contribution < 1.29 is 0 Å². The first-order chi connectivity index (χ1) is 35.3. The number of rotatable bonds is 5. The Hall–Kier alpha value is -8.06. The lowest BCUT2D eigenvalue weighted by molar-refractivity contribution is 0.649. The van der Waals surface area contributed by atoms with Crippen LogP contribution >= 0.6 is 0 Å². The molecule has 0 N–H and O–H groups in total. The van der Waals surface area contributed by atoms with Crippen LogP contribution in [0.4, 0.5) is 0 Å². The highest BCUT2D eigenvalue weighted by atomic mass is 14.4. The monoisotopic (exact) mass is 920 g/mol. The van der Waals surface area contributed by atoms with Crippen LogP contribution in [0.15, 0.2) is 247 Å². The van der Waals surface area contributed by atoms with Crippen LogP contribution in [0, 0.1) is 5.92 Å². The summed E-state index contributed by atoms with van der Waals surface area (Å²) < 4.78 is 0. The molecular weight excluding hydrogens is 865 g/mol. The van der Waals surface area contributed by atoms with Gasteiger partial charge in [0.05, 0.1) is 0 Å². The second kappa shape index (κ2) is 16.2. The minimum Gasteiger partial charge on any atom is -0.0804 e. The van der Waals surface area contributed by atoms with Crippen molar-refractivity contribution in [2.45, 2.75) is 57.3 Å². The molecule has 72 heavy (non-hydrogen) atoms. The minimum atomic E-state index is -0.136. The van der Waals surface area contributed by atoms with E-state index in [0.717, 1.165) is 12.8 Å². The van der Waals surface area contributed by atoms with E-state index < -0.39 is 0 Å². The van der Waals surface area contributed by atoms with Crippen molar-refractivity contribution in [1.29, 1.82) is 0 Å². The second-order valence-electron chi connectivity index (χ2n) is 21.7. The second-order valence-corrected chi connectivity index (χ2v) is 21.7. The van der Waals surface area contributed by atoms with Gasteiger partial charge in [0.1, 0.15) is 0 Å². The van der Waals surface area contributed by atoms with Crippen molar-refractivity contribution in [1.82, 2.24) is 0 Å². The number of fused-ring (bicyclic) bond motifs is 9. The van der Waals surface area contributed by atoms with Gasteiger partial charge in [0.25, 0.3) is 0 Å². The molecule has 0 saturated heterocycles. The van der Waals surface area contributed by atoms with Gasteiger partial charge in [-0.25, -0.2) is 0 Å². The molecule has 0 heteroatoms. The Kier molecular flexibility index (Phi) is 9.65. The third-order valence-corrected chi connectivity index (χ3v) is 17.1. The van der Waals surface area contributed by atoms with Crippen LogP contribution in [0.25, 0.3) is 66.1 Å². The molecule has 6 aliphatic rings. The molecule has 6 aliphatic carbocycles. The van der Waals surface area contributed by atoms with Crippen LogP contribution in [0.2, 0.25) is 0 Å². The fourth-order valence-corrected chi connectivity index (χ4v) is 13.7. The molecule has 2 unspecified atom stereocenters. The summed E-state index contributed by atoms with van der Waals surface area (Å²) in [5.41, 5.74) is 26.5. The van der Waals surface area contributed by atoms with Crippen LogP contribution in [-0.2, 0) is 10.8 Å². The molecule has 0 nitrogen and oxygen atoms in total. The number of hydrogen-bond acceptors (Lipinski definition) is 0. The van der Waals surface area contributed by atoms with E-state index >= 15 is 0 Å². The fourth-order valence-electron chi connectivity index (χ4n) is 13.7. The van der Waals surface area contributed by atoms with Crippen molar-refractivity contribution in [2.24, 2.45) is 5.92 Å². The number of benzene rings is 8. The molecule has 344 valence electrons. The summed E-state index contributed by atoms with van der Waals surface area (Å²) in [6.07, 6.45) is 28.1. The molecule has 0 amide bonds. The van der Waals surface area contributed by atoms with Gasteiger partial charge in [0.2, 0.25) is 0 Å². The molecule has 0 saturated carbocycles. The first-order valence-corrected chi connectivity index (χ1v) is 26.0. The highest BCUT2D eigenvalue weighted by molar-refractivity contribution is 6.20. The zero-order valence-corrected chi connectivity index (χ0v) is 41.5.